The molecule has 1 amide bonds. The molecule has 0 aromatic heterocycles. The molecule has 0 atom stereocenters. The Morgan fingerprint density at radius 1 is 1.05 bits per heavy atom. The van der Waals surface area contributed by atoms with Gasteiger partial charge in [-0.3, -0.25) is 4.79 Å². The number of hydrogen-bond acceptors (Lipinski definition) is 5. The van der Waals surface area contributed by atoms with Gasteiger partial charge in [-0.1, -0.05) is 6.92 Å². The molecule has 1 aromatic carbocycles. The van der Waals surface area contributed by atoms with Crippen molar-refractivity contribution in [3.63, 3.8) is 0 Å². The summed E-state index contributed by atoms with van der Waals surface area (Å²) in [5.74, 6) is -1.44. The van der Waals surface area contributed by atoms with Crippen LogP contribution in [0.15, 0.2) is 24.3 Å². The Kier molecular flexibility index (Phi) is 6.22. The van der Waals surface area contributed by atoms with E-state index in [2.05, 4.69) is 10.1 Å². The SMILES string of the molecule is CCCNC(=O)COC(=O)c1ccc(C(=O)OC)cc1. The van der Waals surface area contributed by atoms with Gasteiger partial charge in [0.2, 0.25) is 0 Å². The fourth-order valence-electron chi connectivity index (χ4n) is 1.39. The lowest BCUT2D eigenvalue weighted by Gasteiger charge is -2.06. The predicted molar refractivity (Wildman–Crippen MR) is 71.4 cm³/mol. The second-order valence-corrected chi connectivity index (χ2v) is 4.00. The molecule has 0 aliphatic heterocycles. The molecule has 1 aromatic rings. The van der Waals surface area contributed by atoms with Gasteiger partial charge in [-0.2, -0.15) is 0 Å². The summed E-state index contributed by atoms with van der Waals surface area (Å²) in [7, 11) is 1.28. The van der Waals surface area contributed by atoms with Crippen molar-refractivity contribution in [1.29, 1.82) is 0 Å². The number of methoxy groups -OCH3 is 1. The number of esters is 2. The van der Waals surface area contributed by atoms with Gasteiger partial charge >= 0.3 is 11.9 Å². The number of benzene rings is 1. The Balaban J connectivity index is 2.51. The molecule has 0 unspecified atom stereocenters. The summed E-state index contributed by atoms with van der Waals surface area (Å²) < 4.78 is 9.39. The topological polar surface area (TPSA) is 81.7 Å². The highest BCUT2D eigenvalue weighted by Gasteiger charge is 2.11. The number of amides is 1. The van der Waals surface area contributed by atoms with Crippen LogP contribution in [0.2, 0.25) is 0 Å². The van der Waals surface area contributed by atoms with E-state index in [0.717, 1.165) is 6.42 Å². The van der Waals surface area contributed by atoms with Crippen molar-refractivity contribution in [1.82, 2.24) is 5.32 Å². The molecular formula is C14H17NO5. The third-order valence-corrected chi connectivity index (χ3v) is 2.45. The van der Waals surface area contributed by atoms with Gasteiger partial charge in [0.05, 0.1) is 18.2 Å². The molecule has 0 bridgehead atoms. The van der Waals surface area contributed by atoms with Gasteiger partial charge in [0.1, 0.15) is 0 Å². The number of nitrogens with one attached hydrogen (secondary N) is 1. The summed E-state index contributed by atoms with van der Waals surface area (Å²) in [5.41, 5.74) is 0.602. The number of rotatable bonds is 6. The Bertz CT molecular complexity index is 481. The van der Waals surface area contributed by atoms with Crippen LogP contribution in [0.4, 0.5) is 0 Å². The quantitative estimate of drug-likeness (QED) is 0.790. The van der Waals surface area contributed by atoms with Crippen molar-refractivity contribution in [3.05, 3.63) is 35.4 Å². The highest BCUT2D eigenvalue weighted by atomic mass is 16.5. The van der Waals surface area contributed by atoms with E-state index in [1.165, 1.54) is 31.4 Å². The lowest BCUT2D eigenvalue weighted by Crippen LogP contribution is -2.29. The molecular weight excluding hydrogens is 262 g/mol. The van der Waals surface area contributed by atoms with Gasteiger partial charge in [-0.15, -0.1) is 0 Å². The summed E-state index contributed by atoms with van der Waals surface area (Å²) in [6, 6.07) is 5.80. The minimum Gasteiger partial charge on any atom is -0.465 e. The van der Waals surface area contributed by atoms with Crippen LogP contribution in [0, 0.1) is 0 Å². The molecule has 108 valence electrons. The second kappa shape index (κ2) is 7.93. The molecule has 0 saturated heterocycles. The summed E-state index contributed by atoms with van der Waals surface area (Å²) in [5, 5.41) is 2.59. The maximum Gasteiger partial charge on any atom is 0.338 e. The molecule has 0 heterocycles. The third kappa shape index (κ3) is 4.72. The summed E-state index contributed by atoms with van der Waals surface area (Å²) in [6.07, 6.45) is 0.814. The van der Waals surface area contributed by atoms with E-state index in [-0.39, 0.29) is 18.1 Å². The molecule has 0 saturated carbocycles. The number of hydrogen-bond donors (Lipinski definition) is 1. The molecule has 20 heavy (non-hydrogen) atoms. The van der Waals surface area contributed by atoms with Gasteiger partial charge in [0.15, 0.2) is 6.61 Å². The van der Waals surface area contributed by atoms with E-state index in [9.17, 15) is 14.4 Å². The molecule has 6 nitrogen and oxygen atoms in total. The van der Waals surface area contributed by atoms with E-state index in [1.807, 2.05) is 6.92 Å². The normalized spacial score (nSPS) is 9.70. The molecule has 0 aliphatic carbocycles. The predicted octanol–water partition coefficient (Wildman–Crippen LogP) is 1.16. The maximum absolute atomic E-state index is 11.7. The summed E-state index contributed by atoms with van der Waals surface area (Å²) in [4.78, 5) is 34.1. The molecule has 0 spiro atoms. The fraction of sp³-hybridized carbons (Fsp3) is 0.357. The molecule has 0 radical (unpaired) electrons. The molecule has 1 rings (SSSR count). The maximum atomic E-state index is 11.7. The van der Waals surface area contributed by atoms with Gasteiger partial charge in [-0.05, 0) is 30.7 Å². The van der Waals surface area contributed by atoms with Crippen molar-refractivity contribution >= 4 is 17.8 Å². The van der Waals surface area contributed by atoms with E-state index >= 15 is 0 Å². The zero-order valence-corrected chi connectivity index (χ0v) is 11.5. The minimum atomic E-state index is -0.618. The number of carbonyl (C=O) groups is 3. The zero-order chi connectivity index (χ0) is 15.0. The van der Waals surface area contributed by atoms with Crippen molar-refractivity contribution in [3.8, 4) is 0 Å². The molecule has 6 heteroatoms. The first kappa shape index (κ1) is 15.7. The monoisotopic (exact) mass is 279 g/mol. The van der Waals surface area contributed by atoms with Crippen LogP contribution in [-0.2, 0) is 14.3 Å². The number of carbonyl (C=O) groups excluding carboxylic acids is 3. The Morgan fingerprint density at radius 3 is 2.10 bits per heavy atom. The van der Waals surface area contributed by atoms with E-state index in [1.54, 1.807) is 0 Å². The smallest absolute Gasteiger partial charge is 0.338 e. The van der Waals surface area contributed by atoms with Crippen LogP contribution in [0.5, 0.6) is 0 Å². The van der Waals surface area contributed by atoms with Crippen molar-refractivity contribution in [2.45, 2.75) is 13.3 Å². The molecule has 1 N–H and O–H groups in total. The van der Waals surface area contributed by atoms with E-state index in [4.69, 9.17) is 4.74 Å². The lowest BCUT2D eigenvalue weighted by atomic mass is 10.1. The van der Waals surface area contributed by atoms with Crippen LogP contribution < -0.4 is 5.32 Å². The van der Waals surface area contributed by atoms with Crippen molar-refractivity contribution in [2.75, 3.05) is 20.3 Å². The van der Waals surface area contributed by atoms with Crippen LogP contribution in [-0.4, -0.2) is 38.1 Å². The summed E-state index contributed by atoms with van der Waals surface area (Å²) >= 11 is 0. The highest BCUT2D eigenvalue weighted by molar-refractivity contribution is 5.94. The average molecular weight is 279 g/mol. The van der Waals surface area contributed by atoms with Gasteiger partial charge in [-0.25, -0.2) is 9.59 Å². The van der Waals surface area contributed by atoms with Crippen molar-refractivity contribution < 1.29 is 23.9 Å². The van der Waals surface area contributed by atoms with Gasteiger partial charge in [0, 0.05) is 6.54 Å². The Morgan fingerprint density at radius 2 is 1.60 bits per heavy atom. The van der Waals surface area contributed by atoms with Crippen LogP contribution in [0.1, 0.15) is 34.1 Å². The van der Waals surface area contributed by atoms with Crippen LogP contribution >= 0.6 is 0 Å². The van der Waals surface area contributed by atoms with Crippen LogP contribution in [0.3, 0.4) is 0 Å². The first-order chi connectivity index (χ1) is 9.58. The summed E-state index contributed by atoms with van der Waals surface area (Å²) in [6.45, 7) is 2.15. The Labute approximate surface area is 117 Å². The standard InChI is InChI=1S/C14H17NO5/c1-3-8-15-12(16)9-20-14(18)11-6-4-10(5-7-11)13(17)19-2/h4-7H,3,8-9H2,1-2H3,(H,15,16). The first-order valence-corrected chi connectivity index (χ1v) is 6.20. The first-order valence-electron chi connectivity index (χ1n) is 6.20. The number of ether oxygens (including phenoxy) is 2. The van der Waals surface area contributed by atoms with E-state index in [0.29, 0.717) is 12.1 Å². The largest absolute Gasteiger partial charge is 0.465 e. The van der Waals surface area contributed by atoms with Gasteiger partial charge < -0.3 is 14.8 Å². The fourth-order valence-corrected chi connectivity index (χ4v) is 1.39. The van der Waals surface area contributed by atoms with E-state index < -0.39 is 11.9 Å². The lowest BCUT2D eigenvalue weighted by molar-refractivity contribution is -0.124. The molecule has 0 aliphatic rings. The second-order valence-electron chi connectivity index (χ2n) is 4.00. The Hall–Kier alpha value is -2.37. The average Bonchev–Trinajstić information content (AvgIpc) is 2.49. The third-order valence-electron chi connectivity index (χ3n) is 2.45. The minimum absolute atomic E-state index is 0.265. The zero-order valence-electron chi connectivity index (χ0n) is 11.5. The highest BCUT2D eigenvalue weighted by Crippen LogP contribution is 2.07. The van der Waals surface area contributed by atoms with Crippen molar-refractivity contribution in [2.24, 2.45) is 0 Å². The van der Waals surface area contributed by atoms with Gasteiger partial charge in [0.25, 0.3) is 5.91 Å². The molecule has 0 fully saturated rings. The van der Waals surface area contributed by atoms with Crippen LogP contribution in [0.25, 0.3) is 0 Å².